The highest BCUT2D eigenvalue weighted by atomic mass is 19.3. The van der Waals surface area contributed by atoms with Crippen molar-refractivity contribution in [3.8, 4) is 0 Å². The predicted octanol–water partition coefficient (Wildman–Crippen LogP) is 2.17. The molecule has 1 fully saturated rings. The summed E-state index contributed by atoms with van der Waals surface area (Å²) in [6.45, 7) is 6.51. The Balaban J connectivity index is 2.82. The van der Waals surface area contributed by atoms with Crippen LogP contribution in [0.3, 0.4) is 0 Å². The van der Waals surface area contributed by atoms with E-state index in [4.69, 9.17) is 0 Å². The molecule has 60 valence electrons. The van der Waals surface area contributed by atoms with E-state index in [2.05, 4.69) is 22.6 Å². The van der Waals surface area contributed by atoms with Gasteiger partial charge in [-0.1, -0.05) is 19.2 Å². The molecule has 0 N–H and O–H groups in total. The number of allylic oxidation sites excluding steroid dienone is 2. The molecule has 1 aliphatic rings. The Morgan fingerprint density at radius 1 is 1.36 bits per heavy atom. The molecule has 1 rings (SSSR count). The molecule has 11 heavy (non-hydrogen) atoms. The molecular formula is C7H6F2O2. The molecule has 0 atom stereocenters. The fourth-order valence-electron chi connectivity index (χ4n) is 0.633. The summed E-state index contributed by atoms with van der Waals surface area (Å²) in [4.78, 5) is 0. The maximum Gasteiger partial charge on any atom is 0.586 e. The molecule has 0 aromatic rings. The van der Waals surface area contributed by atoms with E-state index in [1.807, 2.05) is 0 Å². The second-order valence-corrected chi connectivity index (χ2v) is 1.86. The van der Waals surface area contributed by atoms with Crippen molar-refractivity contribution < 1.29 is 18.3 Å². The molecule has 4 heteroatoms. The predicted molar refractivity (Wildman–Crippen MR) is 34.5 cm³/mol. The van der Waals surface area contributed by atoms with Crippen molar-refractivity contribution in [1.82, 2.24) is 0 Å². The van der Waals surface area contributed by atoms with Crippen molar-refractivity contribution in [1.29, 1.82) is 0 Å². The van der Waals surface area contributed by atoms with Gasteiger partial charge in [0.2, 0.25) is 0 Å². The van der Waals surface area contributed by atoms with Gasteiger partial charge in [0.15, 0.2) is 11.5 Å². The summed E-state index contributed by atoms with van der Waals surface area (Å²) in [6.07, 6.45) is -1.01. The quantitative estimate of drug-likeness (QED) is 0.585. The minimum absolute atomic E-state index is 0.0926. The normalized spacial score (nSPS) is 24.5. The Kier molecular flexibility index (Phi) is 1.68. The number of hydrogen-bond acceptors (Lipinski definition) is 2. The van der Waals surface area contributed by atoms with Crippen molar-refractivity contribution >= 4 is 0 Å². The van der Waals surface area contributed by atoms with E-state index in [1.54, 1.807) is 0 Å². The Morgan fingerprint density at radius 3 is 2.36 bits per heavy atom. The van der Waals surface area contributed by atoms with E-state index in [1.165, 1.54) is 12.2 Å². The van der Waals surface area contributed by atoms with Crippen LogP contribution < -0.4 is 0 Å². The average molecular weight is 160 g/mol. The van der Waals surface area contributed by atoms with Crippen LogP contribution in [0.1, 0.15) is 0 Å². The third kappa shape index (κ3) is 1.58. The number of rotatable bonds is 1. The third-order valence-electron chi connectivity index (χ3n) is 1.01. The molecule has 2 nitrogen and oxygen atoms in total. The highest BCUT2D eigenvalue weighted by molar-refractivity contribution is 5.23. The van der Waals surface area contributed by atoms with Gasteiger partial charge in [0.1, 0.15) is 0 Å². The molecule has 0 radical (unpaired) electrons. The zero-order valence-corrected chi connectivity index (χ0v) is 5.64. The van der Waals surface area contributed by atoms with Gasteiger partial charge in [-0.3, -0.25) is 0 Å². The summed E-state index contributed by atoms with van der Waals surface area (Å²) in [5.74, 6) is -0.278. The minimum Gasteiger partial charge on any atom is -0.396 e. The molecule has 0 aromatic carbocycles. The molecule has 0 saturated carbocycles. The average Bonchev–Trinajstić information content (AvgIpc) is 2.07. The fraction of sp³-hybridized carbons (Fsp3) is 0.143. The lowest BCUT2D eigenvalue weighted by molar-refractivity contribution is -0.326. The van der Waals surface area contributed by atoms with Crippen molar-refractivity contribution in [3.63, 3.8) is 0 Å². The smallest absolute Gasteiger partial charge is 0.396 e. The van der Waals surface area contributed by atoms with E-state index in [0.717, 1.165) is 0 Å². The summed E-state index contributed by atoms with van der Waals surface area (Å²) >= 11 is 0. The van der Waals surface area contributed by atoms with E-state index < -0.39 is 6.29 Å². The van der Waals surface area contributed by atoms with E-state index >= 15 is 0 Å². The van der Waals surface area contributed by atoms with Gasteiger partial charge in [0.05, 0.1) is 0 Å². The summed E-state index contributed by atoms with van der Waals surface area (Å²) in [7, 11) is 0. The number of halogens is 2. The molecular weight excluding hydrogens is 154 g/mol. The van der Waals surface area contributed by atoms with Gasteiger partial charge >= 0.3 is 6.29 Å². The topological polar surface area (TPSA) is 18.5 Å². The minimum atomic E-state index is -3.58. The molecule has 1 aliphatic heterocycles. The lowest BCUT2D eigenvalue weighted by Crippen LogP contribution is -2.14. The summed E-state index contributed by atoms with van der Waals surface area (Å²) < 4.78 is 32.4. The van der Waals surface area contributed by atoms with Gasteiger partial charge in [0, 0.05) is 0 Å². The lowest BCUT2D eigenvalue weighted by Gasteiger charge is -2.02. The van der Waals surface area contributed by atoms with Gasteiger partial charge < -0.3 is 9.47 Å². The van der Waals surface area contributed by atoms with E-state index in [0.29, 0.717) is 0 Å². The van der Waals surface area contributed by atoms with Gasteiger partial charge in [-0.15, -0.1) is 8.78 Å². The van der Waals surface area contributed by atoms with Crippen molar-refractivity contribution in [2.75, 3.05) is 0 Å². The summed E-state index contributed by atoms with van der Waals surface area (Å²) in [6, 6.07) is 0. The third-order valence-corrected chi connectivity index (χ3v) is 1.01. The van der Waals surface area contributed by atoms with Gasteiger partial charge in [-0.05, 0) is 6.08 Å². The molecule has 1 saturated heterocycles. The molecule has 0 amide bonds. The summed E-state index contributed by atoms with van der Waals surface area (Å²) in [5, 5.41) is 0. The Hall–Kier alpha value is -1.32. The van der Waals surface area contributed by atoms with Crippen LogP contribution in [0.25, 0.3) is 0 Å². The highest BCUT2D eigenvalue weighted by Gasteiger charge is 2.44. The molecule has 1 heterocycles. The molecule has 0 aliphatic carbocycles. The Labute approximate surface area is 62.4 Å². The van der Waals surface area contributed by atoms with Crippen LogP contribution in [-0.2, 0) is 9.47 Å². The maximum atomic E-state index is 12.2. The molecule has 0 spiro atoms. The first-order valence-electron chi connectivity index (χ1n) is 2.83. The van der Waals surface area contributed by atoms with Crippen molar-refractivity contribution in [2.24, 2.45) is 0 Å². The molecule has 0 unspecified atom stereocenters. The Morgan fingerprint density at radius 2 is 2.00 bits per heavy atom. The Bertz CT molecular complexity index is 231. The second-order valence-electron chi connectivity index (χ2n) is 1.86. The molecule has 0 aromatic heterocycles. The second kappa shape index (κ2) is 2.38. The zero-order valence-electron chi connectivity index (χ0n) is 5.64. The van der Waals surface area contributed by atoms with Crippen LogP contribution >= 0.6 is 0 Å². The van der Waals surface area contributed by atoms with Crippen molar-refractivity contribution in [3.05, 3.63) is 36.8 Å². The number of ether oxygens (including phenoxy) is 2. The van der Waals surface area contributed by atoms with Crippen LogP contribution in [-0.4, -0.2) is 6.29 Å². The van der Waals surface area contributed by atoms with E-state index in [9.17, 15) is 8.78 Å². The number of hydrogen-bond donors (Lipinski definition) is 0. The van der Waals surface area contributed by atoms with E-state index in [-0.39, 0.29) is 11.5 Å². The first-order valence-corrected chi connectivity index (χ1v) is 2.83. The van der Waals surface area contributed by atoms with Crippen LogP contribution in [0.4, 0.5) is 8.78 Å². The highest BCUT2D eigenvalue weighted by Crippen LogP contribution is 2.35. The standard InChI is InChI=1S/C7H6F2O2/c1-3-4-6-5(2)10-7(8,9)11-6/h3-4H,1-2H2/b6-4+. The van der Waals surface area contributed by atoms with Crippen LogP contribution in [0.2, 0.25) is 0 Å². The van der Waals surface area contributed by atoms with Crippen LogP contribution in [0, 0.1) is 0 Å². The maximum absolute atomic E-state index is 12.2. The largest absolute Gasteiger partial charge is 0.586 e. The monoisotopic (exact) mass is 160 g/mol. The van der Waals surface area contributed by atoms with Gasteiger partial charge in [-0.2, -0.15) is 0 Å². The zero-order chi connectivity index (χ0) is 8.48. The van der Waals surface area contributed by atoms with Gasteiger partial charge in [0.25, 0.3) is 0 Å². The lowest BCUT2D eigenvalue weighted by atomic mass is 10.4. The van der Waals surface area contributed by atoms with Crippen molar-refractivity contribution in [2.45, 2.75) is 6.29 Å². The molecule has 0 bridgehead atoms. The summed E-state index contributed by atoms with van der Waals surface area (Å²) in [5.41, 5.74) is 0. The van der Waals surface area contributed by atoms with Crippen LogP contribution in [0.15, 0.2) is 36.8 Å². The first-order chi connectivity index (χ1) is 5.05. The van der Waals surface area contributed by atoms with Gasteiger partial charge in [-0.25, -0.2) is 0 Å². The first kappa shape index (κ1) is 7.78. The number of alkyl halides is 2. The SMILES string of the molecule is C=C/C=C1/OC(F)(F)OC1=C. The fourth-order valence-corrected chi connectivity index (χ4v) is 0.633. The van der Waals surface area contributed by atoms with Crippen LogP contribution in [0.5, 0.6) is 0 Å².